The lowest BCUT2D eigenvalue weighted by atomic mass is 9.86. The Morgan fingerprint density at radius 2 is 1.59 bits per heavy atom. The highest BCUT2D eigenvalue weighted by Crippen LogP contribution is 2.34. The van der Waals surface area contributed by atoms with Crippen LogP contribution in [0.1, 0.15) is 57.9 Å². The van der Waals surface area contributed by atoms with E-state index in [4.69, 9.17) is 16.3 Å². The molecule has 0 atom stereocenters. The van der Waals surface area contributed by atoms with Crippen LogP contribution in [0.2, 0.25) is 5.02 Å². The Labute approximate surface area is 263 Å². The molecule has 9 heteroatoms. The third-order valence-corrected chi connectivity index (χ3v) is 9.44. The van der Waals surface area contributed by atoms with E-state index < -0.39 is 0 Å². The van der Waals surface area contributed by atoms with Gasteiger partial charge in [-0.3, -0.25) is 14.4 Å². The van der Waals surface area contributed by atoms with Crippen LogP contribution < -0.4 is 15.0 Å². The molecule has 0 aromatic heterocycles. The number of hydrogen-bond acceptors (Lipinski definition) is 5. The van der Waals surface area contributed by atoms with E-state index in [-0.39, 0.29) is 30.2 Å². The van der Waals surface area contributed by atoms with Crippen molar-refractivity contribution in [2.24, 2.45) is 5.92 Å². The number of hydrogen-bond donors (Lipinski definition) is 1. The first-order chi connectivity index (χ1) is 21.5. The van der Waals surface area contributed by atoms with Crippen LogP contribution in [-0.2, 0) is 4.79 Å². The summed E-state index contributed by atoms with van der Waals surface area (Å²) in [6.07, 6.45) is 3.59. The van der Waals surface area contributed by atoms with E-state index in [0.29, 0.717) is 42.7 Å². The zero-order valence-corrected chi connectivity index (χ0v) is 25.7. The second-order valence-electron chi connectivity index (χ2n) is 12.0. The average molecular weight is 615 g/mol. The molecule has 8 nitrogen and oxygen atoms in total. The molecule has 2 fully saturated rings. The maximum Gasteiger partial charge on any atom is 0.265 e. The summed E-state index contributed by atoms with van der Waals surface area (Å²) in [5, 5.41) is 3.72. The number of halogens is 1. The van der Waals surface area contributed by atoms with Crippen LogP contribution in [0.5, 0.6) is 5.75 Å². The van der Waals surface area contributed by atoms with Gasteiger partial charge in [0, 0.05) is 48.9 Å². The Morgan fingerprint density at radius 3 is 2.36 bits per heavy atom. The van der Waals surface area contributed by atoms with Gasteiger partial charge in [-0.05, 0) is 92.6 Å². The van der Waals surface area contributed by atoms with Crippen LogP contribution in [0.25, 0.3) is 0 Å². The fourth-order valence-corrected chi connectivity index (χ4v) is 6.80. The van der Waals surface area contributed by atoms with Gasteiger partial charge in [-0.1, -0.05) is 48.0 Å². The summed E-state index contributed by atoms with van der Waals surface area (Å²) in [5.41, 5.74) is 3.26. The van der Waals surface area contributed by atoms with Crippen molar-refractivity contribution >= 4 is 35.0 Å². The molecule has 0 bridgehead atoms. The first-order valence-corrected chi connectivity index (χ1v) is 16.0. The number of fused-ring (bicyclic) bond motifs is 1. The highest BCUT2D eigenvalue weighted by Gasteiger charge is 2.29. The maximum atomic E-state index is 13.4. The first-order valence-electron chi connectivity index (χ1n) is 15.6. The van der Waals surface area contributed by atoms with Gasteiger partial charge < -0.3 is 24.8 Å². The topological polar surface area (TPSA) is 82.2 Å². The number of piperidine rings is 2. The number of nitrogens with one attached hydrogen (secondary N) is 1. The summed E-state index contributed by atoms with van der Waals surface area (Å²) in [7, 11) is 0. The molecular formula is C35H39ClN4O4. The number of benzene rings is 3. The van der Waals surface area contributed by atoms with Crippen LogP contribution in [0.15, 0.2) is 72.8 Å². The molecular weight excluding hydrogens is 576 g/mol. The standard InChI is InChI=1S/C35H39ClN4O4/c36-28-10-11-29(26-14-16-38(17-15-26)20-21-40-31-8-4-5-9-32(31)44-24-33(40)41)30(22-28)34(42)37-23-25-12-18-39(19-13-25)35(43)27-6-2-1-3-7-27/h1-11,22,25-26H,12-21,23-24H2,(H,37,42). The summed E-state index contributed by atoms with van der Waals surface area (Å²) in [4.78, 5) is 44.9. The number of anilines is 1. The Balaban J connectivity index is 0.997. The van der Waals surface area contributed by atoms with Gasteiger partial charge in [0.05, 0.1) is 5.69 Å². The molecule has 3 aliphatic heterocycles. The monoisotopic (exact) mass is 614 g/mol. The van der Waals surface area contributed by atoms with Gasteiger partial charge in [0.15, 0.2) is 6.61 Å². The van der Waals surface area contributed by atoms with Crippen molar-refractivity contribution in [3.63, 3.8) is 0 Å². The van der Waals surface area contributed by atoms with Gasteiger partial charge in [-0.25, -0.2) is 0 Å². The zero-order chi connectivity index (χ0) is 30.5. The molecule has 230 valence electrons. The third-order valence-electron chi connectivity index (χ3n) is 9.21. The summed E-state index contributed by atoms with van der Waals surface area (Å²) >= 11 is 6.36. The molecule has 3 aromatic carbocycles. The van der Waals surface area contributed by atoms with E-state index >= 15 is 0 Å². The number of rotatable bonds is 8. The number of para-hydroxylation sites is 2. The molecule has 1 N–H and O–H groups in total. The largest absolute Gasteiger partial charge is 0.482 e. The molecule has 3 aromatic rings. The predicted octanol–water partition coefficient (Wildman–Crippen LogP) is 5.23. The number of carbonyl (C=O) groups excluding carboxylic acids is 3. The summed E-state index contributed by atoms with van der Waals surface area (Å²) in [6.45, 7) is 5.26. The van der Waals surface area contributed by atoms with Gasteiger partial charge in [0.2, 0.25) is 0 Å². The van der Waals surface area contributed by atoms with Crippen LogP contribution >= 0.6 is 11.6 Å². The van der Waals surface area contributed by atoms with Gasteiger partial charge in [0.1, 0.15) is 5.75 Å². The molecule has 0 saturated carbocycles. The van der Waals surface area contributed by atoms with Crippen LogP contribution in [-0.4, -0.2) is 79.9 Å². The molecule has 0 spiro atoms. The van der Waals surface area contributed by atoms with E-state index in [0.717, 1.165) is 67.9 Å². The zero-order valence-electron chi connectivity index (χ0n) is 24.9. The van der Waals surface area contributed by atoms with Crippen molar-refractivity contribution in [2.45, 2.75) is 31.6 Å². The molecule has 44 heavy (non-hydrogen) atoms. The molecule has 3 heterocycles. The van der Waals surface area contributed by atoms with Crippen molar-refractivity contribution in [3.8, 4) is 5.75 Å². The van der Waals surface area contributed by atoms with Crippen molar-refractivity contribution in [1.29, 1.82) is 0 Å². The summed E-state index contributed by atoms with van der Waals surface area (Å²) in [5.74, 6) is 1.32. The van der Waals surface area contributed by atoms with Gasteiger partial charge in [0.25, 0.3) is 17.7 Å². The average Bonchev–Trinajstić information content (AvgIpc) is 3.07. The molecule has 2 saturated heterocycles. The number of carbonyl (C=O) groups is 3. The number of ether oxygens (including phenoxy) is 1. The lowest BCUT2D eigenvalue weighted by Gasteiger charge is -2.35. The van der Waals surface area contributed by atoms with Crippen LogP contribution in [0, 0.1) is 5.92 Å². The Bertz CT molecular complexity index is 1480. The van der Waals surface area contributed by atoms with E-state index in [2.05, 4.69) is 10.2 Å². The van der Waals surface area contributed by atoms with E-state index in [9.17, 15) is 14.4 Å². The highest BCUT2D eigenvalue weighted by molar-refractivity contribution is 6.31. The summed E-state index contributed by atoms with van der Waals surface area (Å²) < 4.78 is 5.58. The third kappa shape index (κ3) is 6.92. The number of nitrogens with zero attached hydrogens (tertiary/aromatic N) is 3. The van der Waals surface area contributed by atoms with Gasteiger partial charge in [-0.2, -0.15) is 0 Å². The van der Waals surface area contributed by atoms with E-state index in [1.54, 1.807) is 6.07 Å². The Kier molecular flexibility index (Phi) is 9.48. The minimum atomic E-state index is -0.0859. The fraction of sp³-hybridized carbons (Fsp3) is 0.400. The van der Waals surface area contributed by atoms with Crippen molar-refractivity contribution < 1.29 is 19.1 Å². The number of amides is 3. The SMILES string of the molecule is O=C(NCC1CCN(C(=O)c2ccccc2)CC1)c1cc(Cl)ccc1C1CCN(CCN2C(=O)COc3ccccc32)CC1. The quantitative estimate of drug-likeness (QED) is 0.376. The summed E-state index contributed by atoms with van der Waals surface area (Å²) in [6, 6.07) is 22.8. The molecule has 0 radical (unpaired) electrons. The highest BCUT2D eigenvalue weighted by atomic mass is 35.5. The number of likely N-dealkylation sites (tertiary alicyclic amines) is 2. The Hall–Kier alpha value is -3.88. The molecule has 3 amide bonds. The van der Waals surface area contributed by atoms with Crippen molar-refractivity contribution in [1.82, 2.24) is 15.1 Å². The first kappa shape index (κ1) is 30.2. The molecule has 0 aliphatic carbocycles. The molecule has 3 aliphatic rings. The van der Waals surface area contributed by atoms with Crippen LogP contribution in [0.3, 0.4) is 0 Å². The molecule has 0 unspecified atom stereocenters. The second-order valence-corrected chi connectivity index (χ2v) is 12.4. The maximum absolute atomic E-state index is 13.4. The fourth-order valence-electron chi connectivity index (χ4n) is 6.62. The Morgan fingerprint density at radius 1 is 0.864 bits per heavy atom. The van der Waals surface area contributed by atoms with Gasteiger partial charge >= 0.3 is 0 Å². The van der Waals surface area contributed by atoms with Crippen molar-refractivity contribution in [2.75, 3.05) is 57.3 Å². The van der Waals surface area contributed by atoms with Crippen LogP contribution in [0.4, 0.5) is 5.69 Å². The normalized spacial score (nSPS) is 18.1. The molecule has 6 rings (SSSR count). The van der Waals surface area contributed by atoms with E-state index in [1.807, 2.05) is 76.5 Å². The van der Waals surface area contributed by atoms with Crippen molar-refractivity contribution in [3.05, 3.63) is 94.5 Å². The predicted molar refractivity (Wildman–Crippen MR) is 172 cm³/mol. The lowest BCUT2D eigenvalue weighted by Crippen LogP contribution is -2.45. The smallest absolute Gasteiger partial charge is 0.265 e. The minimum Gasteiger partial charge on any atom is -0.482 e. The second kappa shape index (κ2) is 13.8. The minimum absolute atomic E-state index is 0.0124. The van der Waals surface area contributed by atoms with E-state index in [1.165, 1.54) is 0 Å². The van der Waals surface area contributed by atoms with Gasteiger partial charge in [-0.15, -0.1) is 0 Å². The lowest BCUT2D eigenvalue weighted by molar-refractivity contribution is -0.121.